The third kappa shape index (κ3) is 3.63. The normalized spacial score (nSPS) is 15.6. The van der Waals surface area contributed by atoms with Gasteiger partial charge in [0.1, 0.15) is 6.61 Å². The van der Waals surface area contributed by atoms with Gasteiger partial charge in [0.05, 0.1) is 11.7 Å². The highest BCUT2D eigenvalue weighted by Gasteiger charge is 2.25. The molecule has 1 amide bonds. The van der Waals surface area contributed by atoms with E-state index in [9.17, 15) is 9.59 Å². The van der Waals surface area contributed by atoms with Crippen LogP contribution in [0.15, 0.2) is 23.0 Å². The van der Waals surface area contributed by atoms with E-state index in [1.54, 1.807) is 15.6 Å². The number of aryl methyl sites for hydroxylation is 2. The molecule has 0 radical (unpaired) electrons. The van der Waals surface area contributed by atoms with Gasteiger partial charge in [0.2, 0.25) is 5.91 Å². The summed E-state index contributed by atoms with van der Waals surface area (Å²) in [5, 5.41) is 8.95. The Morgan fingerprint density at radius 1 is 1.24 bits per heavy atom. The summed E-state index contributed by atoms with van der Waals surface area (Å²) in [6.07, 6.45) is 1.39. The lowest BCUT2D eigenvalue weighted by Gasteiger charge is -2.32. The van der Waals surface area contributed by atoms with Crippen LogP contribution < -0.4 is 5.56 Å². The number of hydrogen-bond acceptors (Lipinski definition) is 5. The molecular formula is C17H23N5O3. The van der Waals surface area contributed by atoms with Gasteiger partial charge in [-0.2, -0.15) is 5.10 Å². The van der Waals surface area contributed by atoms with Crippen LogP contribution in [0, 0.1) is 13.8 Å². The number of carbonyl (C=O) groups is 1. The standard InChI is InChI=1S/C17H23N5O3/c1-12-10-13(2)21(18-12)15-4-5-16(23)22(19-15)14-6-8-20(9-7-14)17(24)11-25-3/h4-5,10,14H,6-9,11H2,1-3H3. The van der Waals surface area contributed by atoms with Gasteiger partial charge in [-0.15, -0.1) is 5.10 Å². The fraction of sp³-hybridized carbons (Fsp3) is 0.529. The largest absolute Gasteiger partial charge is 0.375 e. The first-order valence-electron chi connectivity index (χ1n) is 8.40. The van der Waals surface area contributed by atoms with Gasteiger partial charge in [-0.25, -0.2) is 9.36 Å². The third-order valence-electron chi connectivity index (χ3n) is 4.47. The molecule has 8 heteroatoms. The summed E-state index contributed by atoms with van der Waals surface area (Å²) in [5.74, 6) is 0.612. The van der Waals surface area contributed by atoms with E-state index in [4.69, 9.17) is 4.74 Å². The monoisotopic (exact) mass is 345 g/mol. The Bertz CT molecular complexity index is 818. The molecule has 0 aliphatic carbocycles. The quantitative estimate of drug-likeness (QED) is 0.821. The van der Waals surface area contributed by atoms with Crippen molar-refractivity contribution in [1.29, 1.82) is 0 Å². The fourth-order valence-corrected chi connectivity index (χ4v) is 3.23. The Balaban J connectivity index is 1.79. The van der Waals surface area contributed by atoms with Gasteiger partial charge < -0.3 is 9.64 Å². The van der Waals surface area contributed by atoms with E-state index in [-0.39, 0.29) is 24.1 Å². The minimum atomic E-state index is -0.132. The lowest BCUT2D eigenvalue weighted by molar-refractivity contribution is -0.136. The summed E-state index contributed by atoms with van der Waals surface area (Å²) in [6, 6.07) is 5.17. The lowest BCUT2D eigenvalue weighted by atomic mass is 10.1. The first kappa shape index (κ1) is 17.3. The summed E-state index contributed by atoms with van der Waals surface area (Å²) in [6.45, 7) is 5.18. The Labute approximate surface area is 146 Å². The molecule has 1 fully saturated rings. The second-order valence-electron chi connectivity index (χ2n) is 6.36. The molecule has 2 aromatic heterocycles. The Morgan fingerprint density at radius 2 is 1.96 bits per heavy atom. The summed E-state index contributed by atoms with van der Waals surface area (Å²) in [5.41, 5.74) is 1.74. The second kappa shape index (κ2) is 7.18. The summed E-state index contributed by atoms with van der Waals surface area (Å²) >= 11 is 0. The molecule has 1 aliphatic rings. The molecule has 1 saturated heterocycles. The van der Waals surface area contributed by atoms with Gasteiger partial charge in [-0.1, -0.05) is 0 Å². The number of nitrogens with zero attached hydrogens (tertiary/aromatic N) is 5. The maximum absolute atomic E-state index is 12.3. The van der Waals surface area contributed by atoms with E-state index in [0.717, 1.165) is 11.4 Å². The maximum Gasteiger partial charge on any atom is 0.267 e. The number of aromatic nitrogens is 4. The molecule has 0 N–H and O–H groups in total. The number of amides is 1. The average molecular weight is 345 g/mol. The number of hydrogen-bond donors (Lipinski definition) is 0. The van der Waals surface area contributed by atoms with Crippen molar-refractivity contribution in [1.82, 2.24) is 24.5 Å². The van der Waals surface area contributed by atoms with Gasteiger partial charge >= 0.3 is 0 Å². The van der Waals surface area contributed by atoms with Crippen molar-refractivity contribution in [2.45, 2.75) is 32.7 Å². The van der Waals surface area contributed by atoms with Gasteiger partial charge in [0.25, 0.3) is 5.56 Å². The molecule has 0 saturated carbocycles. The van der Waals surface area contributed by atoms with E-state index < -0.39 is 0 Å². The smallest absolute Gasteiger partial charge is 0.267 e. The predicted octanol–water partition coefficient (Wildman–Crippen LogP) is 0.856. The van der Waals surface area contributed by atoms with E-state index in [2.05, 4.69) is 10.2 Å². The molecule has 25 heavy (non-hydrogen) atoms. The second-order valence-corrected chi connectivity index (χ2v) is 6.36. The summed E-state index contributed by atoms with van der Waals surface area (Å²) in [7, 11) is 1.51. The summed E-state index contributed by atoms with van der Waals surface area (Å²) in [4.78, 5) is 25.9. The van der Waals surface area contributed by atoms with Crippen LogP contribution in [0.1, 0.15) is 30.3 Å². The zero-order valence-corrected chi connectivity index (χ0v) is 14.8. The van der Waals surface area contributed by atoms with Crippen LogP contribution in [0.4, 0.5) is 0 Å². The Hall–Kier alpha value is -2.48. The van der Waals surface area contributed by atoms with E-state index in [0.29, 0.717) is 31.7 Å². The third-order valence-corrected chi connectivity index (χ3v) is 4.47. The van der Waals surface area contributed by atoms with Crippen LogP contribution in [-0.2, 0) is 9.53 Å². The SMILES string of the molecule is COCC(=O)N1CCC(n2nc(-n3nc(C)cc3C)ccc2=O)CC1. The Morgan fingerprint density at radius 3 is 2.56 bits per heavy atom. The molecule has 0 unspecified atom stereocenters. The predicted molar refractivity (Wildman–Crippen MR) is 91.8 cm³/mol. The van der Waals surface area contributed by atoms with Crippen molar-refractivity contribution in [3.63, 3.8) is 0 Å². The van der Waals surface area contributed by atoms with Gasteiger partial charge in [0, 0.05) is 32.0 Å². The molecule has 3 rings (SSSR count). The number of carbonyl (C=O) groups excluding carboxylic acids is 1. The lowest BCUT2D eigenvalue weighted by Crippen LogP contribution is -2.42. The zero-order valence-electron chi connectivity index (χ0n) is 14.8. The molecule has 8 nitrogen and oxygen atoms in total. The highest BCUT2D eigenvalue weighted by molar-refractivity contribution is 5.77. The summed E-state index contributed by atoms with van der Waals surface area (Å²) < 4.78 is 8.17. The van der Waals surface area contributed by atoms with Crippen LogP contribution in [0.2, 0.25) is 0 Å². The minimum absolute atomic E-state index is 0.0161. The molecule has 3 heterocycles. The van der Waals surface area contributed by atoms with Crippen LogP contribution in [0.5, 0.6) is 0 Å². The number of likely N-dealkylation sites (tertiary alicyclic amines) is 1. The van der Waals surface area contributed by atoms with Crippen molar-refractivity contribution in [2.75, 3.05) is 26.8 Å². The van der Waals surface area contributed by atoms with Crippen LogP contribution in [0.3, 0.4) is 0 Å². The minimum Gasteiger partial charge on any atom is -0.375 e. The number of rotatable bonds is 4. The number of methoxy groups -OCH3 is 1. The molecular weight excluding hydrogens is 322 g/mol. The molecule has 0 aromatic carbocycles. The molecule has 0 atom stereocenters. The van der Waals surface area contributed by atoms with Crippen molar-refractivity contribution in [3.05, 3.63) is 39.9 Å². The topological polar surface area (TPSA) is 82.2 Å². The van der Waals surface area contributed by atoms with Crippen LogP contribution in [0.25, 0.3) is 5.82 Å². The maximum atomic E-state index is 12.3. The number of ether oxygens (including phenoxy) is 1. The van der Waals surface area contributed by atoms with Gasteiger partial charge in [-0.3, -0.25) is 9.59 Å². The van der Waals surface area contributed by atoms with Crippen LogP contribution >= 0.6 is 0 Å². The molecule has 0 bridgehead atoms. The van der Waals surface area contributed by atoms with Crippen molar-refractivity contribution >= 4 is 5.91 Å². The van der Waals surface area contributed by atoms with E-state index in [1.165, 1.54) is 17.9 Å². The van der Waals surface area contributed by atoms with Crippen molar-refractivity contribution in [2.24, 2.45) is 0 Å². The van der Waals surface area contributed by atoms with Crippen LogP contribution in [-0.4, -0.2) is 57.2 Å². The first-order chi connectivity index (χ1) is 12.0. The Kier molecular flexibility index (Phi) is 4.98. The molecule has 134 valence electrons. The average Bonchev–Trinajstić information content (AvgIpc) is 2.94. The number of piperidine rings is 1. The zero-order chi connectivity index (χ0) is 18.0. The fourth-order valence-electron chi connectivity index (χ4n) is 3.23. The van der Waals surface area contributed by atoms with Crippen molar-refractivity contribution < 1.29 is 9.53 Å². The highest BCUT2D eigenvalue weighted by Crippen LogP contribution is 2.21. The van der Waals surface area contributed by atoms with Gasteiger partial charge in [0.15, 0.2) is 5.82 Å². The molecule has 1 aliphatic heterocycles. The van der Waals surface area contributed by atoms with Gasteiger partial charge in [-0.05, 0) is 38.8 Å². The van der Waals surface area contributed by atoms with E-state index in [1.807, 2.05) is 19.9 Å². The first-order valence-corrected chi connectivity index (χ1v) is 8.40. The molecule has 0 spiro atoms. The highest BCUT2D eigenvalue weighted by atomic mass is 16.5. The van der Waals surface area contributed by atoms with Crippen molar-refractivity contribution in [3.8, 4) is 5.82 Å². The van der Waals surface area contributed by atoms with E-state index >= 15 is 0 Å². The molecule has 2 aromatic rings.